The Labute approximate surface area is 156 Å². The number of aromatic nitrogens is 3. The minimum atomic E-state index is -2.84. The van der Waals surface area contributed by atoms with Crippen molar-refractivity contribution in [3.8, 4) is 0 Å². The Kier molecular flexibility index (Phi) is 4.84. The highest BCUT2D eigenvalue weighted by Gasteiger charge is 2.33. The number of piperazine rings is 1. The Morgan fingerprint density at radius 3 is 2.69 bits per heavy atom. The number of aryl methyl sites for hydroxylation is 1. The number of nitrogens with zero attached hydrogens (tertiary/aromatic N) is 5. The van der Waals surface area contributed by atoms with Gasteiger partial charge < -0.3 is 0 Å². The van der Waals surface area contributed by atoms with Crippen molar-refractivity contribution in [1.29, 1.82) is 0 Å². The topological polar surface area (TPSA) is 87.9 Å². The van der Waals surface area contributed by atoms with Crippen molar-refractivity contribution < 1.29 is 8.42 Å². The molecular formula is C16H23N5O3S2. The van der Waals surface area contributed by atoms with Crippen molar-refractivity contribution in [1.82, 2.24) is 24.4 Å². The zero-order valence-corrected chi connectivity index (χ0v) is 16.4. The van der Waals surface area contributed by atoms with Gasteiger partial charge in [0.25, 0.3) is 5.56 Å². The van der Waals surface area contributed by atoms with E-state index in [0.29, 0.717) is 23.0 Å². The monoisotopic (exact) mass is 397 g/mol. The first-order valence-corrected chi connectivity index (χ1v) is 11.6. The van der Waals surface area contributed by atoms with Crippen LogP contribution in [0.5, 0.6) is 0 Å². The lowest BCUT2D eigenvalue weighted by atomic mass is 10.2. The molecule has 0 aliphatic carbocycles. The summed E-state index contributed by atoms with van der Waals surface area (Å²) in [4.78, 5) is 22.1. The largest absolute Gasteiger partial charge is 0.297 e. The maximum absolute atomic E-state index is 12.2. The van der Waals surface area contributed by atoms with E-state index in [1.54, 1.807) is 6.07 Å². The first-order valence-electron chi connectivity index (χ1n) is 8.99. The fraction of sp³-hybridized carbons (Fsp3) is 0.688. The van der Waals surface area contributed by atoms with E-state index in [2.05, 4.69) is 19.9 Å². The molecule has 0 N–H and O–H groups in total. The lowest BCUT2D eigenvalue weighted by molar-refractivity contribution is 0.0992. The quantitative estimate of drug-likeness (QED) is 0.719. The van der Waals surface area contributed by atoms with Gasteiger partial charge in [-0.2, -0.15) is 9.61 Å². The van der Waals surface area contributed by atoms with Crippen molar-refractivity contribution in [2.45, 2.75) is 32.4 Å². The molecule has 8 nitrogen and oxygen atoms in total. The number of sulfone groups is 1. The van der Waals surface area contributed by atoms with Crippen LogP contribution in [0.2, 0.25) is 0 Å². The molecule has 2 fully saturated rings. The van der Waals surface area contributed by atoms with Crippen LogP contribution in [0.3, 0.4) is 0 Å². The molecule has 4 heterocycles. The van der Waals surface area contributed by atoms with Crippen LogP contribution < -0.4 is 5.56 Å². The first-order chi connectivity index (χ1) is 12.4. The Morgan fingerprint density at radius 1 is 1.27 bits per heavy atom. The van der Waals surface area contributed by atoms with Gasteiger partial charge in [0.05, 0.1) is 17.2 Å². The van der Waals surface area contributed by atoms with Crippen LogP contribution in [0.4, 0.5) is 0 Å². The van der Waals surface area contributed by atoms with Crippen molar-refractivity contribution in [3.63, 3.8) is 0 Å². The standard InChI is InChI=1S/C16H23N5O3S2/c1-2-14-18-21-15(22)9-12(17-16(21)25-14)10-19-4-6-20(7-5-19)13-3-8-26(23,24)11-13/h9,13H,2-8,10-11H2,1H3/t13-/m1/s1. The first kappa shape index (κ1) is 18.0. The molecule has 2 aliphatic heterocycles. The summed E-state index contributed by atoms with van der Waals surface area (Å²) in [6.45, 7) is 6.10. The highest BCUT2D eigenvalue weighted by Crippen LogP contribution is 2.20. The number of hydrogen-bond acceptors (Lipinski definition) is 8. The van der Waals surface area contributed by atoms with Crippen LogP contribution in [0, 0.1) is 0 Å². The Bertz CT molecular complexity index is 960. The van der Waals surface area contributed by atoms with Crippen LogP contribution in [0.15, 0.2) is 10.9 Å². The molecule has 0 amide bonds. The zero-order valence-electron chi connectivity index (χ0n) is 14.8. The summed E-state index contributed by atoms with van der Waals surface area (Å²) in [7, 11) is -2.84. The van der Waals surface area contributed by atoms with Gasteiger partial charge in [0.15, 0.2) is 9.84 Å². The number of hydrogen-bond donors (Lipinski definition) is 0. The average molecular weight is 398 g/mol. The van der Waals surface area contributed by atoms with Crippen molar-refractivity contribution in [2.75, 3.05) is 37.7 Å². The van der Waals surface area contributed by atoms with Gasteiger partial charge in [0, 0.05) is 44.8 Å². The molecule has 2 aliphatic rings. The molecule has 0 aromatic carbocycles. The number of rotatable bonds is 4. The Morgan fingerprint density at radius 2 is 2.04 bits per heavy atom. The van der Waals surface area contributed by atoms with Crippen LogP contribution in [-0.4, -0.2) is 76.5 Å². The molecule has 142 valence electrons. The highest BCUT2D eigenvalue weighted by atomic mass is 32.2. The molecule has 0 unspecified atom stereocenters. The fourth-order valence-corrected chi connectivity index (χ4v) is 6.32. The normalized spacial score (nSPS) is 24.4. The summed E-state index contributed by atoms with van der Waals surface area (Å²) < 4.78 is 24.7. The van der Waals surface area contributed by atoms with Gasteiger partial charge in [-0.25, -0.2) is 13.4 Å². The van der Waals surface area contributed by atoms with E-state index < -0.39 is 9.84 Å². The van der Waals surface area contributed by atoms with E-state index in [-0.39, 0.29) is 11.6 Å². The minimum Gasteiger partial charge on any atom is -0.297 e. The smallest absolute Gasteiger partial charge is 0.275 e. The summed E-state index contributed by atoms with van der Waals surface area (Å²) in [5.74, 6) is 0.619. The SMILES string of the molecule is CCc1nn2c(=O)cc(CN3CCN([C@@H]4CCS(=O)(=O)C4)CC3)nc2s1. The summed E-state index contributed by atoms with van der Waals surface area (Å²) in [5, 5.41) is 5.18. The second-order valence-electron chi connectivity index (χ2n) is 7.00. The second-order valence-corrected chi connectivity index (χ2v) is 10.3. The van der Waals surface area contributed by atoms with Gasteiger partial charge in [-0.1, -0.05) is 18.3 Å². The molecule has 0 radical (unpaired) electrons. The second kappa shape index (κ2) is 6.99. The van der Waals surface area contributed by atoms with Crippen LogP contribution in [0.25, 0.3) is 4.96 Å². The van der Waals surface area contributed by atoms with Crippen LogP contribution in [-0.2, 0) is 22.8 Å². The summed E-state index contributed by atoms with van der Waals surface area (Å²) in [6, 6.07) is 1.74. The molecule has 2 saturated heterocycles. The molecule has 26 heavy (non-hydrogen) atoms. The molecule has 4 rings (SSSR count). The zero-order chi connectivity index (χ0) is 18.3. The van der Waals surface area contributed by atoms with E-state index in [4.69, 9.17) is 0 Å². The highest BCUT2D eigenvalue weighted by molar-refractivity contribution is 7.91. The summed E-state index contributed by atoms with van der Waals surface area (Å²) >= 11 is 1.46. The predicted octanol–water partition coefficient (Wildman–Crippen LogP) is 0.0181. The van der Waals surface area contributed by atoms with E-state index in [9.17, 15) is 13.2 Å². The molecular weight excluding hydrogens is 374 g/mol. The van der Waals surface area contributed by atoms with E-state index in [1.165, 1.54) is 15.9 Å². The molecule has 0 bridgehead atoms. The van der Waals surface area contributed by atoms with Gasteiger partial charge in [-0.05, 0) is 12.8 Å². The Hall–Kier alpha value is -1.36. The van der Waals surface area contributed by atoms with Crippen LogP contribution >= 0.6 is 11.3 Å². The summed E-state index contributed by atoms with van der Waals surface area (Å²) in [5.41, 5.74) is 0.647. The molecule has 1 atom stereocenters. The molecule has 2 aromatic heterocycles. The predicted molar refractivity (Wildman–Crippen MR) is 100 cm³/mol. The number of fused-ring (bicyclic) bond motifs is 1. The minimum absolute atomic E-state index is 0.129. The van der Waals surface area contributed by atoms with Gasteiger partial charge in [0.2, 0.25) is 4.96 Å². The van der Waals surface area contributed by atoms with Crippen LogP contribution in [0.1, 0.15) is 24.0 Å². The van der Waals surface area contributed by atoms with E-state index in [0.717, 1.165) is 49.7 Å². The lowest BCUT2D eigenvalue weighted by Crippen LogP contribution is -2.50. The maximum Gasteiger partial charge on any atom is 0.275 e. The van der Waals surface area contributed by atoms with E-state index >= 15 is 0 Å². The van der Waals surface area contributed by atoms with Gasteiger partial charge in [-0.3, -0.25) is 14.6 Å². The lowest BCUT2D eigenvalue weighted by Gasteiger charge is -2.37. The maximum atomic E-state index is 12.2. The van der Waals surface area contributed by atoms with Crippen molar-refractivity contribution >= 4 is 26.1 Å². The summed E-state index contributed by atoms with van der Waals surface area (Å²) in [6.07, 6.45) is 1.55. The third kappa shape index (κ3) is 3.68. The molecule has 10 heteroatoms. The Balaban J connectivity index is 1.40. The fourth-order valence-electron chi connectivity index (χ4n) is 3.70. The van der Waals surface area contributed by atoms with E-state index in [1.807, 2.05) is 6.92 Å². The molecule has 0 saturated carbocycles. The third-order valence-electron chi connectivity index (χ3n) is 5.16. The third-order valence-corrected chi connectivity index (χ3v) is 7.96. The van der Waals surface area contributed by atoms with Gasteiger partial charge in [0.1, 0.15) is 5.01 Å². The van der Waals surface area contributed by atoms with Crippen molar-refractivity contribution in [2.24, 2.45) is 0 Å². The average Bonchev–Trinajstić information content (AvgIpc) is 3.19. The van der Waals surface area contributed by atoms with Gasteiger partial charge in [-0.15, -0.1) is 0 Å². The van der Waals surface area contributed by atoms with Crippen molar-refractivity contribution in [3.05, 3.63) is 27.1 Å². The van der Waals surface area contributed by atoms with Gasteiger partial charge >= 0.3 is 0 Å². The molecule has 2 aromatic rings. The molecule has 0 spiro atoms.